The van der Waals surface area contributed by atoms with Crippen LogP contribution >= 0.6 is 27.5 Å². The second-order valence-electron chi connectivity index (χ2n) is 6.55. The molecule has 2 heterocycles. The van der Waals surface area contributed by atoms with E-state index in [1.165, 1.54) is 18.2 Å². The molecule has 1 aromatic carbocycles. The first-order chi connectivity index (χ1) is 14.3. The predicted molar refractivity (Wildman–Crippen MR) is 107 cm³/mol. The minimum atomic E-state index is -3.10. The van der Waals surface area contributed by atoms with Crippen molar-refractivity contribution in [3.8, 4) is 5.75 Å². The highest BCUT2D eigenvalue weighted by atomic mass is 79.9. The van der Waals surface area contributed by atoms with E-state index < -0.39 is 30.2 Å². The number of imidazole rings is 1. The van der Waals surface area contributed by atoms with Crippen LogP contribution < -0.4 is 4.74 Å². The second kappa shape index (κ2) is 7.96. The highest BCUT2D eigenvalue weighted by Gasteiger charge is 2.50. The van der Waals surface area contributed by atoms with E-state index in [0.29, 0.717) is 15.8 Å². The molecule has 1 aliphatic carbocycles. The van der Waals surface area contributed by atoms with Crippen LogP contribution in [0.25, 0.3) is 5.65 Å². The Bertz CT molecular complexity index is 1170. The quantitative estimate of drug-likeness (QED) is 0.370. The number of halogens is 4. The average molecular weight is 500 g/mol. The summed E-state index contributed by atoms with van der Waals surface area (Å²) in [6.07, 6.45) is 1.69. The van der Waals surface area contributed by atoms with Crippen molar-refractivity contribution in [3.05, 3.63) is 63.0 Å². The first-order valence-corrected chi connectivity index (χ1v) is 10.1. The van der Waals surface area contributed by atoms with Gasteiger partial charge in [-0.25, -0.2) is 4.98 Å². The number of pyridine rings is 1. The van der Waals surface area contributed by atoms with Gasteiger partial charge in [0, 0.05) is 21.3 Å². The first kappa shape index (κ1) is 20.7. The number of aromatic nitrogens is 2. The van der Waals surface area contributed by atoms with Crippen molar-refractivity contribution >= 4 is 44.9 Å². The van der Waals surface area contributed by atoms with Crippen molar-refractivity contribution in [1.82, 2.24) is 9.38 Å². The largest absolute Gasteiger partial charge is 0.465 e. The molecule has 0 N–H and O–H groups in total. The molecule has 0 saturated heterocycles. The number of nitrogens with zero attached hydrogens (tertiary/aromatic N) is 2. The second-order valence-corrected chi connectivity index (χ2v) is 7.91. The van der Waals surface area contributed by atoms with Gasteiger partial charge >= 0.3 is 12.6 Å². The molecule has 30 heavy (non-hydrogen) atoms. The number of ketones is 1. The monoisotopic (exact) mass is 498 g/mol. The summed E-state index contributed by atoms with van der Waals surface area (Å²) in [6.45, 7) is -1.43. The molecule has 0 radical (unpaired) electrons. The third kappa shape index (κ3) is 3.45. The van der Waals surface area contributed by atoms with Crippen LogP contribution in [0, 0.1) is 5.92 Å². The number of carbonyl (C=O) groups excluding carboxylic acids is 2. The molecule has 0 amide bonds. The van der Waals surface area contributed by atoms with E-state index in [2.05, 4.69) is 25.7 Å². The first-order valence-electron chi connectivity index (χ1n) is 8.94. The van der Waals surface area contributed by atoms with E-state index in [9.17, 15) is 18.4 Å². The number of benzene rings is 1. The van der Waals surface area contributed by atoms with Crippen LogP contribution in [0.2, 0.25) is 5.02 Å². The molecule has 0 spiro atoms. The molecule has 3 aromatic rings. The summed E-state index contributed by atoms with van der Waals surface area (Å²) in [5.41, 5.74) is 1.12. The van der Waals surface area contributed by atoms with Crippen molar-refractivity contribution < 1.29 is 27.8 Å². The Balaban J connectivity index is 1.99. The number of hydrogen-bond donors (Lipinski definition) is 0. The van der Waals surface area contributed by atoms with Gasteiger partial charge in [0.15, 0.2) is 5.78 Å². The summed E-state index contributed by atoms with van der Waals surface area (Å²) in [6, 6.07) is 7.54. The molecule has 0 fully saturated rings. The van der Waals surface area contributed by atoms with Crippen molar-refractivity contribution in [2.45, 2.75) is 19.5 Å². The fraction of sp³-hybridized carbons (Fsp3) is 0.250. The van der Waals surface area contributed by atoms with Gasteiger partial charge in [-0.15, -0.1) is 0 Å². The van der Waals surface area contributed by atoms with E-state index in [4.69, 9.17) is 16.3 Å². The minimum absolute atomic E-state index is 0.0579. The zero-order chi connectivity index (χ0) is 21.6. The van der Waals surface area contributed by atoms with Crippen LogP contribution in [0.15, 0.2) is 41.0 Å². The topological polar surface area (TPSA) is 69.9 Å². The summed E-state index contributed by atoms with van der Waals surface area (Å²) in [7, 11) is 0. The number of rotatable bonds is 5. The van der Waals surface area contributed by atoms with Crippen molar-refractivity contribution in [2.24, 2.45) is 5.92 Å². The molecule has 2 aromatic heterocycles. The van der Waals surface area contributed by atoms with Crippen molar-refractivity contribution in [1.29, 1.82) is 0 Å². The Kier molecular flexibility index (Phi) is 5.50. The number of hydrogen-bond acceptors (Lipinski definition) is 5. The van der Waals surface area contributed by atoms with Gasteiger partial charge < -0.3 is 13.9 Å². The predicted octanol–water partition coefficient (Wildman–Crippen LogP) is 4.86. The van der Waals surface area contributed by atoms with Crippen molar-refractivity contribution in [2.75, 3.05) is 6.61 Å². The molecule has 4 rings (SSSR count). The van der Waals surface area contributed by atoms with Gasteiger partial charge in [-0.1, -0.05) is 11.6 Å². The normalized spacial score (nSPS) is 18.1. The van der Waals surface area contributed by atoms with Gasteiger partial charge in [-0.3, -0.25) is 9.59 Å². The molecule has 2 unspecified atom stereocenters. The average Bonchev–Trinajstić information content (AvgIpc) is 3.18. The Morgan fingerprint density at radius 1 is 1.33 bits per heavy atom. The van der Waals surface area contributed by atoms with Crippen molar-refractivity contribution in [3.63, 3.8) is 0 Å². The summed E-state index contributed by atoms with van der Waals surface area (Å²) in [5, 5.41) is 0.241. The maximum absolute atomic E-state index is 13.2. The Hall–Kier alpha value is -2.52. The Morgan fingerprint density at radius 2 is 2.10 bits per heavy atom. The lowest BCUT2D eigenvalue weighted by Crippen LogP contribution is -2.28. The van der Waals surface area contributed by atoms with Crippen LogP contribution in [0.5, 0.6) is 5.75 Å². The fourth-order valence-electron chi connectivity index (χ4n) is 3.74. The number of esters is 1. The number of fused-ring (bicyclic) bond motifs is 3. The van der Waals surface area contributed by atoms with Gasteiger partial charge in [-0.05, 0) is 53.2 Å². The molecular weight excluding hydrogens is 486 g/mol. The van der Waals surface area contributed by atoms with Crippen LogP contribution in [-0.2, 0) is 9.53 Å². The smallest absolute Gasteiger partial charge is 0.387 e. The van der Waals surface area contributed by atoms with Gasteiger partial charge in [0.05, 0.1) is 18.2 Å². The molecule has 156 valence electrons. The standard InChI is InChI=1S/C20H14BrClF2N2O4/c1-2-29-19(28)15-14(11-7-10(22)4-5-12(11)30-20(23)24)17-16(18(15)27)25-13-6-3-9(21)8-26(13)17/h3-8,14-15,20H,2H2,1H3. The summed E-state index contributed by atoms with van der Waals surface area (Å²) >= 11 is 9.50. The van der Waals surface area contributed by atoms with Gasteiger partial charge in [0.25, 0.3) is 0 Å². The minimum Gasteiger partial charge on any atom is -0.465 e. The lowest BCUT2D eigenvalue weighted by molar-refractivity contribution is -0.146. The zero-order valence-electron chi connectivity index (χ0n) is 15.4. The van der Waals surface area contributed by atoms with Crippen LogP contribution in [0.1, 0.15) is 34.6 Å². The zero-order valence-corrected chi connectivity index (χ0v) is 17.8. The molecular formula is C20H14BrClF2N2O4. The number of ether oxygens (including phenoxy) is 2. The summed E-state index contributed by atoms with van der Waals surface area (Å²) in [5.74, 6) is -3.76. The summed E-state index contributed by atoms with van der Waals surface area (Å²) < 4.78 is 38.2. The SMILES string of the molecule is CCOC(=O)C1C(=O)c2nc3ccc(Br)cn3c2C1c1cc(Cl)ccc1OC(F)F. The maximum Gasteiger partial charge on any atom is 0.387 e. The van der Waals surface area contributed by atoms with E-state index >= 15 is 0 Å². The lowest BCUT2D eigenvalue weighted by atomic mass is 9.86. The van der Waals surface area contributed by atoms with Crippen LogP contribution in [-0.4, -0.2) is 34.4 Å². The third-order valence-corrected chi connectivity index (χ3v) is 5.53. The highest BCUT2D eigenvalue weighted by molar-refractivity contribution is 9.10. The Labute approximate surface area is 182 Å². The third-order valence-electron chi connectivity index (χ3n) is 4.83. The summed E-state index contributed by atoms with van der Waals surface area (Å²) in [4.78, 5) is 30.2. The number of Topliss-reactive ketones (excluding diaryl/α,β-unsaturated/α-hetero) is 1. The van der Waals surface area contributed by atoms with E-state index in [1.54, 1.807) is 29.7 Å². The van der Waals surface area contributed by atoms with E-state index in [-0.39, 0.29) is 28.6 Å². The molecule has 10 heteroatoms. The molecule has 6 nitrogen and oxygen atoms in total. The van der Waals surface area contributed by atoms with Crippen LogP contribution in [0.4, 0.5) is 8.78 Å². The van der Waals surface area contributed by atoms with Crippen LogP contribution in [0.3, 0.4) is 0 Å². The molecule has 0 saturated carbocycles. The van der Waals surface area contributed by atoms with E-state index in [1.807, 2.05) is 0 Å². The Morgan fingerprint density at radius 3 is 2.80 bits per heavy atom. The maximum atomic E-state index is 13.2. The molecule has 1 aliphatic rings. The van der Waals surface area contributed by atoms with Gasteiger partial charge in [0.2, 0.25) is 0 Å². The highest BCUT2D eigenvalue weighted by Crippen LogP contribution is 2.47. The fourth-order valence-corrected chi connectivity index (χ4v) is 4.26. The molecule has 0 aliphatic heterocycles. The lowest BCUT2D eigenvalue weighted by Gasteiger charge is -2.22. The molecule has 2 atom stereocenters. The number of carbonyl (C=O) groups is 2. The van der Waals surface area contributed by atoms with E-state index in [0.717, 1.165) is 0 Å². The number of alkyl halides is 2. The van der Waals surface area contributed by atoms with Gasteiger partial charge in [0.1, 0.15) is 23.0 Å². The molecule has 0 bridgehead atoms. The van der Waals surface area contributed by atoms with Gasteiger partial charge in [-0.2, -0.15) is 8.78 Å².